The second kappa shape index (κ2) is 5.76. The third-order valence-corrected chi connectivity index (χ3v) is 3.60. The summed E-state index contributed by atoms with van der Waals surface area (Å²) in [7, 11) is 0. The molecular formula is C16H21NO4. The lowest BCUT2D eigenvalue weighted by molar-refractivity contribution is -0.136. The van der Waals surface area contributed by atoms with Crippen molar-refractivity contribution in [1.82, 2.24) is 0 Å². The van der Waals surface area contributed by atoms with Crippen molar-refractivity contribution in [3.8, 4) is 5.75 Å². The Morgan fingerprint density at radius 2 is 2.05 bits per heavy atom. The zero-order valence-corrected chi connectivity index (χ0v) is 12.8. The zero-order valence-electron chi connectivity index (χ0n) is 12.8. The number of anilines is 1. The Morgan fingerprint density at radius 3 is 2.62 bits per heavy atom. The molecule has 5 nitrogen and oxygen atoms in total. The number of fused-ring (bicyclic) bond motifs is 1. The van der Waals surface area contributed by atoms with Gasteiger partial charge in [0.2, 0.25) is 0 Å². The van der Waals surface area contributed by atoms with Crippen molar-refractivity contribution in [1.29, 1.82) is 0 Å². The van der Waals surface area contributed by atoms with Crippen LogP contribution in [0.3, 0.4) is 0 Å². The van der Waals surface area contributed by atoms with Crippen molar-refractivity contribution in [2.75, 3.05) is 11.4 Å². The number of aliphatic carboxylic acids is 1. The lowest BCUT2D eigenvalue weighted by Gasteiger charge is -2.36. The van der Waals surface area contributed by atoms with Gasteiger partial charge in [0.1, 0.15) is 5.75 Å². The number of carbonyl (C=O) groups excluding carboxylic acids is 1. The van der Waals surface area contributed by atoms with Gasteiger partial charge in [-0.25, -0.2) is 0 Å². The van der Waals surface area contributed by atoms with Gasteiger partial charge in [-0.15, -0.1) is 0 Å². The number of aryl methyl sites for hydroxylation is 2. The number of benzene rings is 1. The van der Waals surface area contributed by atoms with E-state index in [-0.39, 0.29) is 24.8 Å². The Bertz CT molecular complexity index is 580. The van der Waals surface area contributed by atoms with E-state index < -0.39 is 12.1 Å². The van der Waals surface area contributed by atoms with Gasteiger partial charge in [-0.1, -0.05) is 19.9 Å². The van der Waals surface area contributed by atoms with Crippen LogP contribution in [0.1, 0.15) is 31.4 Å². The first-order valence-electron chi connectivity index (χ1n) is 7.12. The van der Waals surface area contributed by atoms with Crippen LogP contribution in [0.4, 0.5) is 5.69 Å². The zero-order chi connectivity index (χ0) is 15.7. The molecule has 0 radical (unpaired) electrons. The van der Waals surface area contributed by atoms with Gasteiger partial charge in [0.05, 0.1) is 12.1 Å². The van der Waals surface area contributed by atoms with E-state index in [0.717, 1.165) is 11.1 Å². The lowest BCUT2D eigenvalue weighted by atomic mass is 10.0. The number of hydrogen-bond acceptors (Lipinski definition) is 3. The highest BCUT2D eigenvalue weighted by Crippen LogP contribution is 2.39. The highest BCUT2D eigenvalue weighted by Gasteiger charge is 2.37. The normalized spacial score (nSPS) is 17.7. The summed E-state index contributed by atoms with van der Waals surface area (Å²) < 4.78 is 5.89. The molecule has 114 valence electrons. The fraction of sp³-hybridized carbons (Fsp3) is 0.500. The molecule has 0 aliphatic carbocycles. The highest BCUT2D eigenvalue weighted by molar-refractivity contribution is 6.01. The van der Waals surface area contributed by atoms with E-state index in [4.69, 9.17) is 9.84 Å². The van der Waals surface area contributed by atoms with Crippen molar-refractivity contribution in [2.24, 2.45) is 5.92 Å². The molecule has 21 heavy (non-hydrogen) atoms. The highest BCUT2D eigenvalue weighted by atomic mass is 16.5. The molecule has 1 aromatic rings. The Kier molecular flexibility index (Phi) is 4.21. The number of carbonyl (C=O) groups is 2. The molecule has 0 fully saturated rings. The van der Waals surface area contributed by atoms with E-state index in [1.165, 1.54) is 0 Å². The number of carboxylic acids is 1. The Labute approximate surface area is 124 Å². The van der Waals surface area contributed by atoms with Gasteiger partial charge in [0.25, 0.3) is 5.91 Å². The molecule has 5 heteroatoms. The van der Waals surface area contributed by atoms with Crippen molar-refractivity contribution < 1.29 is 19.4 Å². The number of ether oxygens (including phenoxy) is 1. The van der Waals surface area contributed by atoms with Crippen molar-refractivity contribution in [2.45, 2.75) is 40.2 Å². The fourth-order valence-electron chi connectivity index (χ4n) is 2.59. The molecule has 0 saturated heterocycles. The van der Waals surface area contributed by atoms with Crippen molar-refractivity contribution >= 4 is 17.6 Å². The summed E-state index contributed by atoms with van der Waals surface area (Å²) in [5, 5.41) is 8.89. The molecule has 1 atom stereocenters. The largest absolute Gasteiger partial charge is 0.481 e. The van der Waals surface area contributed by atoms with Crippen LogP contribution < -0.4 is 9.64 Å². The molecule has 0 bridgehead atoms. The van der Waals surface area contributed by atoms with Crippen LogP contribution in [0, 0.1) is 19.8 Å². The summed E-state index contributed by atoms with van der Waals surface area (Å²) >= 11 is 0. The van der Waals surface area contributed by atoms with E-state index in [1.54, 1.807) is 4.90 Å². The standard InChI is InChI=1S/C16H21NO4/c1-9(2)14-16(20)17(6-5-13(18)19)12-8-10(3)7-11(4)15(12)21-14/h7-9,14H,5-6H2,1-4H3,(H,18,19). The molecule has 0 aromatic heterocycles. The number of nitrogens with zero attached hydrogens (tertiary/aromatic N) is 1. The Morgan fingerprint density at radius 1 is 1.38 bits per heavy atom. The van der Waals surface area contributed by atoms with E-state index >= 15 is 0 Å². The summed E-state index contributed by atoms with van der Waals surface area (Å²) in [5.74, 6) is -0.368. The summed E-state index contributed by atoms with van der Waals surface area (Å²) in [6.45, 7) is 7.89. The molecular weight excluding hydrogens is 270 g/mol. The fourth-order valence-corrected chi connectivity index (χ4v) is 2.59. The maximum atomic E-state index is 12.6. The molecule has 1 aliphatic rings. The third-order valence-electron chi connectivity index (χ3n) is 3.60. The van der Waals surface area contributed by atoms with Crippen molar-refractivity contribution in [3.63, 3.8) is 0 Å². The molecule has 0 saturated carbocycles. The van der Waals surface area contributed by atoms with Gasteiger partial charge >= 0.3 is 5.97 Å². The second-order valence-electron chi connectivity index (χ2n) is 5.85. The number of carboxylic acid groups (broad SMARTS) is 1. The maximum Gasteiger partial charge on any atom is 0.305 e. The summed E-state index contributed by atoms with van der Waals surface area (Å²) in [5.41, 5.74) is 2.66. The van der Waals surface area contributed by atoms with Gasteiger partial charge in [-0.3, -0.25) is 9.59 Å². The number of hydrogen-bond donors (Lipinski definition) is 1. The van der Waals surface area contributed by atoms with E-state index in [9.17, 15) is 9.59 Å². The predicted molar refractivity (Wildman–Crippen MR) is 79.8 cm³/mol. The maximum absolute atomic E-state index is 12.6. The van der Waals surface area contributed by atoms with E-state index in [0.29, 0.717) is 11.4 Å². The van der Waals surface area contributed by atoms with E-state index in [2.05, 4.69) is 0 Å². The minimum Gasteiger partial charge on any atom is -0.481 e. The summed E-state index contributed by atoms with van der Waals surface area (Å²) in [4.78, 5) is 25.0. The number of rotatable bonds is 4. The first-order valence-corrected chi connectivity index (χ1v) is 7.12. The SMILES string of the molecule is Cc1cc(C)c2c(c1)N(CCC(=O)O)C(=O)C(C(C)C)O2. The molecule has 1 aromatic carbocycles. The first-order chi connectivity index (χ1) is 9.81. The van der Waals surface area contributed by atoms with Gasteiger partial charge in [0, 0.05) is 6.54 Å². The van der Waals surface area contributed by atoms with Gasteiger partial charge in [0.15, 0.2) is 6.10 Å². The smallest absolute Gasteiger partial charge is 0.305 e. The van der Waals surface area contributed by atoms with Crippen LogP contribution in [0.2, 0.25) is 0 Å². The Hall–Kier alpha value is -2.04. The molecule has 1 unspecified atom stereocenters. The molecule has 2 rings (SSSR count). The monoisotopic (exact) mass is 291 g/mol. The van der Waals surface area contributed by atoms with Crippen LogP contribution in [-0.4, -0.2) is 29.6 Å². The van der Waals surface area contributed by atoms with E-state index in [1.807, 2.05) is 39.8 Å². The van der Waals surface area contributed by atoms with Crippen LogP contribution in [-0.2, 0) is 9.59 Å². The molecule has 1 aliphatic heterocycles. The van der Waals surface area contributed by atoms with Crippen LogP contribution in [0.25, 0.3) is 0 Å². The second-order valence-corrected chi connectivity index (χ2v) is 5.85. The van der Waals surface area contributed by atoms with Crippen molar-refractivity contribution in [3.05, 3.63) is 23.3 Å². The average molecular weight is 291 g/mol. The molecule has 1 heterocycles. The first kappa shape index (κ1) is 15.4. The molecule has 1 amide bonds. The third kappa shape index (κ3) is 3.01. The summed E-state index contributed by atoms with van der Waals surface area (Å²) in [6.07, 6.45) is -0.643. The van der Waals surface area contributed by atoms with Gasteiger partial charge in [-0.05, 0) is 37.0 Å². The van der Waals surface area contributed by atoms with Gasteiger partial charge < -0.3 is 14.7 Å². The predicted octanol–water partition coefficient (Wildman–Crippen LogP) is 2.53. The molecule has 0 spiro atoms. The Balaban J connectivity index is 2.46. The average Bonchev–Trinajstić information content (AvgIpc) is 2.36. The minimum atomic E-state index is -0.915. The molecule has 1 N–H and O–H groups in total. The van der Waals surface area contributed by atoms with Crippen LogP contribution in [0.15, 0.2) is 12.1 Å². The minimum absolute atomic E-state index is 0.0266. The lowest BCUT2D eigenvalue weighted by Crippen LogP contribution is -2.49. The topological polar surface area (TPSA) is 66.8 Å². The summed E-state index contributed by atoms with van der Waals surface area (Å²) in [6, 6.07) is 3.88. The van der Waals surface area contributed by atoms with Crippen LogP contribution >= 0.6 is 0 Å². The number of amides is 1. The van der Waals surface area contributed by atoms with Crippen LogP contribution in [0.5, 0.6) is 5.75 Å². The quantitative estimate of drug-likeness (QED) is 0.925. The van der Waals surface area contributed by atoms with Gasteiger partial charge in [-0.2, -0.15) is 0 Å².